The average Bonchev–Trinajstić information content (AvgIpc) is 2.62. The molecule has 3 heterocycles. The van der Waals surface area contributed by atoms with E-state index in [2.05, 4.69) is 15.0 Å². The minimum absolute atomic E-state index is 0.0863. The SMILES string of the molecule is O=C([O-])c1cccc(-c2cccc(-c3cccc(C(=O)O)n3)n2)n1. The van der Waals surface area contributed by atoms with E-state index < -0.39 is 11.9 Å². The van der Waals surface area contributed by atoms with Gasteiger partial charge in [-0.25, -0.2) is 19.7 Å². The van der Waals surface area contributed by atoms with Crippen LogP contribution in [-0.4, -0.2) is 32.0 Å². The standard InChI is InChI=1S/C17H11N3O4/c21-16(22)14-8-2-6-12(19-14)10-4-1-5-11(18-10)13-7-3-9-15(20-13)17(23)24/h1-9H,(H,21,22)(H,23,24)/p-1. The first-order valence-corrected chi connectivity index (χ1v) is 6.91. The number of aromatic carboxylic acids is 2. The number of carbonyl (C=O) groups excluding carboxylic acids is 1. The zero-order chi connectivity index (χ0) is 17.1. The van der Waals surface area contributed by atoms with Crippen LogP contribution in [0, 0.1) is 0 Å². The van der Waals surface area contributed by atoms with Gasteiger partial charge in [-0.3, -0.25) is 0 Å². The summed E-state index contributed by atoms with van der Waals surface area (Å²) in [6.07, 6.45) is 0. The third kappa shape index (κ3) is 3.09. The second-order valence-electron chi connectivity index (χ2n) is 4.82. The quantitative estimate of drug-likeness (QED) is 0.769. The molecule has 1 N–H and O–H groups in total. The minimum atomic E-state index is -1.37. The normalized spacial score (nSPS) is 10.3. The summed E-state index contributed by atoms with van der Waals surface area (Å²) in [6.45, 7) is 0. The van der Waals surface area contributed by atoms with Crippen LogP contribution in [0.15, 0.2) is 54.6 Å². The summed E-state index contributed by atoms with van der Waals surface area (Å²) in [4.78, 5) is 34.3. The summed E-state index contributed by atoms with van der Waals surface area (Å²) in [5.41, 5.74) is 1.39. The Bertz CT molecular complexity index is 868. The van der Waals surface area contributed by atoms with Gasteiger partial charge in [0.2, 0.25) is 0 Å². The molecule has 24 heavy (non-hydrogen) atoms. The van der Waals surface area contributed by atoms with Crippen LogP contribution in [0.5, 0.6) is 0 Å². The fourth-order valence-corrected chi connectivity index (χ4v) is 2.11. The number of nitrogens with zero attached hydrogens (tertiary/aromatic N) is 3. The molecule has 0 saturated carbocycles. The summed E-state index contributed by atoms with van der Waals surface area (Å²) in [5.74, 6) is -2.50. The fraction of sp³-hybridized carbons (Fsp3) is 0. The molecule has 0 amide bonds. The molecule has 0 unspecified atom stereocenters. The van der Waals surface area contributed by atoms with Gasteiger partial charge in [0.15, 0.2) is 0 Å². The third-order valence-electron chi connectivity index (χ3n) is 3.20. The van der Waals surface area contributed by atoms with E-state index in [1.54, 1.807) is 42.5 Å². The first kappa shape index (κ1) is 15.3. The number of rotatable bonds is 4. The minimum Gasteiger partial charge on any atom is -0.543 e. The molecule has 0 fully saturated rings. The van der Waals surface area contributed by atoms with Crippen LogP contribution in [0.25, 0.3) is 22.8 Å². The molecule has 3 aromatic heterocycles. The first-order valence-electron chi connectivity index (χ1n) is 6.91. The Labute approximate surface area is 136 Å². The van der Waals surface area contributed by atoms with Crippen molar-refractivity contribution in [3.05, 3.63) is 66.0 Å². The summed E-state index contributed by atoms with van der Waals surface area (Å²) in [6, 6.07) is 14.2. The van der Waals surface area contributed by atoms with Gasteiger partial charge in [-0.15, -0.1) is 0 Å². The van der Waals surface area contributed by atoms with Gasteiger partial charge in [0.1, 0.15) is 5.69 Å². The number of pyridine rings is 3. The van der Waals surface area contributed by atoms with Crippen molar-refractivity contribution in [1.29, 1.82) is 0 Å². The molecule has 0 radical (unpaired) electrons. The van der Waals surface area contributed by atoms with Crippen molar-refractivity contribution in [2.75, 3.05) is 0 Å². The Morgan fingerprint density at radius 2 is 1.12 bits per heavy atom. The van der Waals surface area contributed by atoms with E-state index in [1.807, 2.05) is 0 Å². The fourth-order valence-electron chi connectivity index (χ4n) is 2.11. The van der Waals surface area contributed by atoms with Gasteiger partial charge in [-0.2, -0.15) is 0 Å². The Hall–Kier alpha value is -3.61. The number of carboxylic acid groups (broad SMARTS) is 2. The van der Waals surface area contributed by atoms with Crippen molar-refractivity contribution in [3.8, 4) is 22.8 Å². The van der Waals surface area contributed by atoms with Crippen LogP contribution in [0.2, 0.25) is 0 Å². The first-order chi connectivity index (χ1) is 11.5. The molecular formula is C17H10N3O4-. The van der Waals surface area contributed by atoms with Gasteiger partial charge in [0.05, 0.1) is 34.4 Å². The molecular weight excluding hydrogens is 310 g/mol. The van der Waals surface area contributed by atoms with Crippen molar-refractivity contribution in [2.45, 2.75) is 0 Å². The van der Waals surface area contributed by atoms with Crippen molar-refractivity contribution < 1.29 is 19.8 Å². The van der Waals surface area contributed by atoms with Crippen molar-refractivity contribution >= 4 is 11.9 Å². The zero-order valence-electron chi connectivity index (χ0n) is 12.2. The molecule has 3 aromatic rings. The number of hydrogen-bond acceptors (Lipinski definition) is 6. The topological polar surface area (TPSA) is 116 Å². The Morgan fingerprint density at radius 3 is 1.62 bits per heavy atom. The average molecular weight is 320 g/mol. The van der Waals surface area contributed by atoms with Crippen LogP contribution < -0.4 is 5.11 Å². The molecule has 118 valence electrons. The number of hydrogen-bond donors (Lipinski definition) is 1. The predicted molar refractivity (Wildman–Crippen MR) is 82.0 cm³/mol. The van der Waals surface area contributed by atoms with E-state index in [0.29, 0.717) is 22.8 Å². The summed E-state index contributed by atoms with van der Waals surface area (Å²) >= 11 is 0. The lowest BCUT2D eigenvalue weighted by Crippen LogP contribution is -2.23. The summed E-state index contributed by atoms with van der Waals surface area (Å²) in [7, 11) is 0. The number of aromatic nitrogens is 3. The van der Waals surface area contributed by atoms with Gasteiger partial charge in [0.25, 0.3) is 0 Å². The van der Waals surface area contributed by atoms with Gasteiger partial charge < -0.3 is 15.0 Å². The monoisotopic (exact) mass is 320 g/mol. The Kier molecular flexibility index (Phi) is 3.98. The highest BCUT2D eigenvalue weighted by Crippen LogP contribution is 2.20. The van der Waals surface area contributed by atoms with Gasteiger partial charge >= 0.3 is 5.97 Å². The van der Waals surface area contributed by atoms with Crippen LogP contribution in [-0.2, 0) is 0 Å². The van der Waals surface area contributed by atoms with Crippen molar-refractivity contribution in [3.63, 3.8) is 0 Å². The van der Waals surface area contributed by atoms with Crippen LogP contribution in [0.3, 0.4) is 0 Å². The molecule has 0 aliphatic carbocycles. The number of carboxylic acids is 2. The second kappa shape index (κ2) is 6.25. The highest BCUT2D eigenvalue weighted by atomic mass is 16.4. The Morgan fingerprint density at radius 1 is 0.708 bits per heavy atom. The molecule has 0 aliphatic rings. The molecule has 7 nitrogen and oxygen atoms in total. The van der Waals surface area contributed by atoms with Gasteiger partial charge in [0, 0.05) is 0 Å². The summed E-state index contributed by atoms with van der Waals surface area (Å²) in [5, 5.41) is 19.9. The predicted octanol–water partition coefficient (Wildman–Crippen LogP) is 1.27. The zero-order valence-corrected chi connectivity index (χ0v) is 12.2. The van der Waals surface area contributed by atoms with Gasteiger partial charge in [-0.05, 0) is 36.4 Å². The van der Waals surface area contributed by atoms with E-state index >= 15 is 0 Å². The van der Waals surface area contributed by atoms with Crippen molar-refractivity contribution in [2.24, 2.45) is 0 Å². The lowest BCUT2D eigenvalue weighted by atomic mass is 10.2. The van der Waals surface area contributed by atoms with Gasteiger partial charge in [-0.1, -0.05) is 18.2 Å². The van der Waals surface area contributed by atoms with E-state index in [4.69, 9.17) is 5.11 Å². The van der Waals surface area contributed by atoms with E-state index in [0.717, 1.165) is 0 Å². The lowest BCUT2D eigenvalue weighted by molar-refractivity contribution is -0.255. The molecule has 3 rings (SSSR count). The molecule has 0 atom stereocenters. The molecule has 0 saturated heterocycles. The van der Waals surface area contributed by atoms with E-state index in [1.165, 1.54) is 12.1 Å². The smallest absolute Gasteiger partial charge is 0.354 e. The highest BCUT2D eigenvalue weighted by molar-refractivity contribution is 5.86. The maximum Gasteiger partial charge on any atom is 0.354 e. The largest absolute Gasteiger partial charge is 0.543 e. The van der Waals surface area contributed by atoms with Crippen LogP contribution in [0.4, 0.5) is 0 Å². The third-order valence-corrected chi connectivity index (χ3v) is 3.20. The maximum atomic E-state index is 11.0. The second-order valence-corrected chi connectivity index (χ2v) is 4.82. The van der Waals surface area contributed by atoms with Crippen LogP contribution >= 0.6 is 0 Å². The molecule has 7 heteroatoms. The maximum absolute atomic E-state index is 11.0. The van der Waals surface area contributed by atoms with E-state index in [-0.39, 0.29) is 11.4 Å². The van der Waals surface area contributed by atoms with Crippen molar-refractivity contribution in [1.82, 2.24) is 15.0 Å². The summed E-state index contributed by atoms with van der Waals surface area (Å²) < 4.78 is 0. The van der Waals surface area contributed by atoms with E-state index in [9.17, 15) is 14.7 Å². The lowest BCUT2D eigenvalue weighted by Gasteiger charge is -2.07. The molecule has 0 spiro atoms. The highest BCUT2D eigenvalue weighted by Gasteiger charge is 2.09. The molecule has 0 aromatic carbocycles. The Balaban J connectivity index is 2.04. The molecule has 0 bridgehead atoms. The van der Waals surface area contributed by atoms with Crippen LogP contribution in [0.1, 0.15) is 21.0 Å². The number of carbonyl (C=O) groups is 2. The molecule has 0 aliphatic heterocycles.